The summed E-state index contributed by atoms with van der Waals surface area (Å²) in [6.07, 6.45) is 6.73. The molecule has 37 heavy (non-hydrogen) atoms. The number of aromatic nitrogens is 4. The molecule has 7 heteroatoms. The van der Waals surface area contributed by atoms with Crippen LogP contribution in [0.5, 0.6) is 5.75 Å². The Hall–Kier alpha value is -4.23. The van der Waals surface area contributed by atoms with E-state index in [0.29, 0.717) is 12.1 Å². The van der Waals surface area contributed by atoms with E-state index >= 15 is 0 Å². The van der Waals surface area contributed by atoms with Gasteiger partial charge >= 0.3 is 0 Å². The average Bonchev–Trinajstić information content (AvgIpc) is 3.66. The Bertz CT molecular complexity index is 1580. The SMILES string of the molecule is COc1cccc(-c2c(-c3ccncc3)nn3c(-c4ccc(N5C[C@H]6C[C@@H]5CN6C)cc4)ccnc23)c1. The Labute approximate surface area is 216 Å². The number of pyridine rings is 1. The van der Waals surface area contributed by atoms with Crippen LogP contribution in [0.25, 0.3) is 39.3 Å². The second-order valence-electron chi connectivity index (χ2n) is 9.94. The summed E-state index contributed by atoms with van der Waals surface area (Å²) in [5.74, 6) is 0.797. The van der Waals surface area contributed by atoms with Crippen molar-refractivity contribution in [3.05, 3.63) is 85.3 Å². The quantitative estimate of drug-likeness (QED) is 0.346. The molecule has 0 aliphatic carbocycles. The van der Waals surface area contributed by atoms with Crippen molar-refractivity contribution in [2.45, 2.75) is 18.5 Å². The molecule has 2 atom stereocenters. The van der Waals surface area contributed by atoms with E-state index in [9.17, 15) is 0 Å². The number of rotatable bonds is 5. The largest absolute Gasteiger partial charge is 0.497 e. The zero-order chi connectivity index (χ0) is 24.9. The number of anilines is 1. The molecule has 0 unspecified atom stereocenters. The Kier molecular flexibility index (Phi) is 5.18. The fraction of sp³-hybridized carbons (Fsp3) is 0.233. The third-order valence-electron chi connectivity index (χ3n) is 7.84. The van der Waals surface area contributed by atoms with E-state index in [-0.39, 0.29) is 0 Å². The number of nitrogens with zero attached hydrogens (tertiary/aromatic N) is 6. The molecule has 2 aliphatic heterocycles. The monoisotopic (exact) mass is 488 g/mol. The van der Waals surface area contributed by atoms with Gasteiger partial charge in [-0.15, -0.1) is 0 Å². The van der Waals surface area contributed by atoms with Gasteiger partial charge in [0.2, 0.25) is 0 Å². The Morgan fingerprint density at radius 2 is 1.68 bits per heavy atom. The van der Waals surface area contributed by atoms with Gasteiger partial charge in [-0.25, -0.2) is 9.50 Å². The number of hydrogen-bond donors (Lipinski definition) is 0. The zero-order valence-corrected chi connectivity index (χ0v) is 21.0. The highest BCUT2D eigenvalue weighted by Gasteiger charge is 2.41. The van der Waals surface area contributed by atoms with Gasteiger partial charge in [-0.1, -0.05) is 24.3 Å². The van der Waals surface area contributed by atoms with Crippen LogP contribution < -0.4 is 9.64 Å². The predicted molar refractivity (Wildman–Crippen MR) is 146 cm³/mol. The minimum absolute atomic E-state index is 0.618. The molecule has 0 radical (unpaired) electrons. The van der Waals surface area contributed by atoms with Gasteiger partial charge in [-0.05, 0) is 61.5 Å². The lowest BCUT2D eigenvalue weighted by atomic mass is 10.0. The maximum atomic E-state index is 5.52. The summed E-state index contributed by atoms with van der Waals surface area (Å²) < 4.78 is 7.48. The van der Waals surface area contributed by atoms with Gasteiger partial charge in [0.15, 0.2) is 5.65 Å². The van der Waals surface area contributed by atoms with Crippen LogP contribution in [-0.4, -0.2) is 63.8 Å². The van der Waals surface area contributed by atoms with Gasteiger partial charge < -0.3 is 9.64 Å². The lowest BCUT2D eigenvalue weighted by Crippen LogP contribution is -2.44. The van der Waals surface area contributed by atoms with E-state index in [1.54, 1.807) is 19.5 Å². The summed E-state index contributed by atoms with van der Waals surface area (Å²) in [7, 11) is 3.93. The first-order valence-corrected chi connectivity index (χ1v) is 12.7. The fourth-order valence-corrected chi connectivity index (χ4v) is 5.93. The normalized spacial score (nSPS) is 19.1. The van der Waals surface area contributed by atoms with Crippen LogP contribution in [0.1, 0.15) is 6.42 Å². The molecule has 2 aromatic carbocycles. The third kappa shape index (κ3) is 3.65. The van der Waals surface area contributed by atoms with Crippen molar-refractivity contribution in [2.75, 3.05) is 32.1 Å². The maximum absolute atomic E-state index is 5.52. The number of likely N-dealkylation sites (N-methyl/N-ethyl adjacent to an activating group) is 1. The molecule has 2 fully saturated rings. The molecular weight excluding hydrogens is 460 g/mol. The van der Waals surface area contributed by atoms with E-state index in [1.807, 2.05) is 47.1 Å². The van der Waals surface area contributed by atoms with Crippen LogP contribution in [0.2, 0.25) is 0 Å². The number of piperazine rings is 1. The van der Waals surface area contributed by atoms with Crippen LogP contribution in [0.3, 0.4) is 0 Å². The summed E-state index contributed by atoms with van der Waals surface area (Å²) in [6, 6.07) is 24.3. The second kappa shape index (κ2) is 8.71. The van der Waals surface area contributed by atoms with Gasteiger partial charge in [0.1, 0.15) is 11.4 Å². The first-order chi connectivity index (χ1) is 18.2. The lowest BCUT2D eigenvalue weighted by molar-refractivity contribution is 0.292. The highest BCUT2D eigenvalue weighted by Crippen LogP contribution is 2.38. The fourth-order valence-electron chi connectivity index (χ4n) is 5.93. The van der Waals surface area contributed by atoms with E-state index in [4.69, 9.17) is 14.8 Å². The van der Waals surface area contributed by atoms with Crippen molar-refractivity contribution in [1.29, 1.82) is 0 Å². The van der Waals surface area contributed by atoms with Crippen LogP contribution >= 0.6 is 0 Å². The molecule has 7 nitrogen and oxygen atoms in total. The van der Waals surface area contributed by atoms with Crippen molar-refractivity contribution >= 4 is 11.3 Å². The molecule has 7 rings (SSSR count). The van der Waals surface area contributed by atoms with Crippen molar-refractivity contribution < 1.29 is 4.74 Å². The highest BCUT2D eigenvalue weighted by molar-refractivity contribution is 5.91. The number of hydrogen-bond acceptors (Lipinski definition) is 6. The molecule has 3 aromatic heterocycles. The first kappa shape index (κ1) is 22.0. The molecule has 2 aliphatic rings. The molecular formula is C30H28N6O. The van der Waals surface area contributed by atoms with Crippen molar-refractivity contribution in [3.8, 4) is 39.4 Å². The number of ether oxygens (including phenoxy) is 1. The summed E-state index contributed by atoms with van der Waals surface area (Å²) >= 11 is 0. The standard InChI is InChI=1S/C30H28N6O/c1-34-18-25-17-24(34)19-35(25)23-8-6-20(7-9-23)27-12-15-32-30-28(22-4-3-5-26(16-22)37-2)29(33-36(27)30)21-10-13-31-14-11-21/h3-16,24-25H,17-19H2,1-2H3/t24-,25-/m1/s1. The van der Waals surface area contributed by atoms with Crippen LogP contribution in [0.15, 0.2) is 85.3 Å². The third-order valence-corrected chi connectivity index (χ3v) is 7.84. The Morgan fingerprint density at radius 1 is 0.838 bits per heavy atom. The average molecular weight is 489 g/mol. The smallest absolute Gasteiger partial charge is 0.164 e. The number of benzene rings is 2. The molecule has 2 bridgehead atoms. The van der Waals surface area contributed by atoms with Gasteiger partial charge in [0.05, 0.1) is 18.4 Å². The summed E-state index contributed by atoms with van der Waals surface area (Å²) in [5.41, 5.74) is 8.06. The van der Waals surface area contributed by atoms with Crippen LogP contribution in [0.4, 0.5) is 5.69 Å². The summed E-state index contributed by atoms with van der Waals surface area (Å²) in [4.78, 5) is 14.0. The molecule has 0 amide bonds. The van der Waals surface area contributed by atoms with Crippen molar-refractivity contribution in [1.82, 2.24) is 24.5 Å². The highest BCUT2D eigenvalue weighted by atomic mass is 16.5. The van der Waals surface area contributed by atoms with Gasteiger partial charge in [-0.2, -0.15) is 5.10 Å². The van der Waals surface area contributed by atoms with E-state index in [1.165, 1.54) is 12.1 Å². The molecule has 0 saturated carbocycles. The minimum Gasteiger partial charge on any atom is -0.497 e. The molecule has 5 heterocycles. The summed E-state index contributed by atoms with van der Waals surface area (Å²) in [5, 5.41) is 5.10. The topological polar surface area (TPSA) is 58.8 Å². The summed E-state index contributed by atoms with van der Waals surface area (Å²) in [6.45, 7) is 2.26. The Morgan fingerprint density at radius 3 is 2.41 bits per heavy atom. The molecule has 184 valence electrons. The number of likely N-dealkylation sites (tertiary alicyclic amines) is 1. The lowest BCUT2D eigenvalue weighted by Gasteiger charge is -2.33. The molecule has 5 aromatic rings. The van der Waals surface area contributed by atoms with E-state index < -0.39 is 0 Å². The minimum atomic E-state index is 0.618. The molecule has 2 saturated heterocycles. The number of fused-ring (bicyclic) bond motifs is 3. The molecule has 0 spiro atoms. The van der Waals surface area contributed by atoms with Crippen molar-refractivity contribution in [3.63, 3.8) is 0 Å². The Balaban J connectivity index is 1.34. The van der Waals surface area contributed by atoms with Gasteiger partial charge in [0, 0.05) is 60.6 Å². The maximum Gasteiger partial charge on any atom is 0.164 e. The number of methoxy groups -OCH3 is 1. The van der Waals surface area contributed by atoms with Gasteiger partial charge in [-0.3, -0.25) is 9.88 Å². The van der Waals surface area contributed by atoms with Crippen LogP contribution in [-0.2, 0) is 0 Å². The van der Waals surface area contributed by atoms with Crippen LogP contribution in [0, 0.1) is 0 Å². The second-order valence-corrected chi connectivity index (χ2v) is 9.94. The van der Waals surface area contributed by atoms with Crippen molar-refractivity contribution in [2.24, 2.45) is 0 Å². The molecule has 0 N–H and O–H groups in total. The van der Waals surface area contributed by atoms with E-state index in [0.717, 1.165) is 58.1 Å². The predicted octanol–water partition coefficient (Wildman–Crippen LogP) is 5.03. The zero-order valence-electron chi connectivity index (χ0n) is 21.0. The van der Waals surface area contributed by atoms with E-state index in [2.05, 4.69) is 52.2 Å². The van der Waals surface area contributed by atoms with Gasteiger partial charge in [0.25, 0.3) is 0 Å². The first-order valence-electron chi connectivity index (χ1n) is 12.7.